The molecule has 1 saturated heterocycles. The third kappa shape index (κ3) is 3.07. The van der Waals surface area contributed by atoms with Gasteiger partial charge in [-0.3, -0.25) is 20.2 Å². The smallest absolute Gasteiger partial charge is 0.344 e. The Kier molecular flexibility index (Phi) is 3.59. The fourth-order valence-corrected chi connectivity index (χ4v) is 1.98. The number of hydrazone groups is 1. The van der Waals surface area contributed by atoms with Crippen LogP contribution in [0.15, 0.2) is 46.1 Å². The Balaban J connectivity index is 1.74. The average molecular weight is 314 g/mol. The molecule has 0 unspecified atom stereocenters. The van der Waals surface area contributed by atoms with Crippen LogP contribution in [0.4, 0.5) is 10.5 Å². The number of nitro benzene ring substituents is 1. The van der Waals surface area contributed by atoms with E-state index in [4.69, 9.17) is 4.42 Å². The standard InChI is InChI=1S/C14H10N4O5/c19-13-7-17(14(20)16-13)15-6-9-5-12(23-8-9)10-1-3-11(4-2-10)18(21)22/h1-6,8H,7H2,(H,16,19,20). The van der Waals surface area contributed by atoms with Crippen LogP contribution in [0.2, 0.25) is 0 Å². The summed E-state index contributed by atoms with van der Waals surface area (Å²) in [5.41, 5.74) is 1.25. The first-order chi connectivity index (χ1) is 11.0. The molecule has 0 spiro atoms. The Morgan fingerprint density at radius 1 is 1.30 bits per heavy atom. The SMILES string of the molecule is O=C1CN(N=Cc2coc(-c3ccc([N+](=O)[O-])cc3)c2)C(=O)N1. The first-order valence-electron chi connectivity index (χ1n) is 6.51. The minimum absolute atomic E-state index is 0.00759. The maximum absolute atomic E-state index is 11.3. The summed E-state index contributed by atoms with van der Waals surface area (Å²) in [7, 11) is 0. The molecule has 0 radical (unpaired) electrons. The fourth-order valence-electron chi connectivity index (χ4n) is 1.98. The van der Waals surface area contributed by atoms with Crippen molar-refractivity contribution in [3.8, 4) is 11.3 Å². The molecule has 0 saturated carbocycles. The van der Waals surface area contributed by atoms with Crippen LogP contribution in [-0.4, -0.2) is 34.6 Å². The maximum Gasteiger partial charge on any atom is 0.344 e. The molecule has 3 amide bonds. The average Bonchev–Trinajstić information content (AvgIpc) is 3.11. The molecule has 1 aromatic carbocycles. The van der Waals surface area contributed by atoms with E-state index in [-0.39, 0.29) is 12.2 Å². The number of furan rings is 1. The molecule has 9 nitrogen and oxygen atoms in total. The highest BCUT2D eigenvalue weighted by atomic mass is 16.6. The van der Waals surface area contributed by atoms with Gasteiger partial charge < -0.3 is 4.42 Å². The Morgan fingerprint density at radius 3 is 2.65 bits per heavy atom. The summed E-state index contributed by atoms with van der Waals surface area (Å²) in [5.74, 6) is 0.0919. The van der Waals surface area contributed by atoms with Gasteiger partial charge in [0, 0.05) is 23.3 Å². The molecule has 2 heterocycles. The highest BCUT2D eigenvalue weighted by Crippen LogP contribution is 2.24. The Bertz CT molecular complexity index is 809. The van der Waals surface area contributed by atoms with Crippen molar-refractivity contribution >= 4 is 23.8 Å². The van der Waals surface area contributed by atoms with Crippen LogP contribution in [0.25, 0.3) is 11.3 Å². The summed E-state index contributed by atoms with van der Waals surface area (Å²) >= 11 is 0. The largest absolute Gasteiger partial charge is 0.464 e. The summed E-state index contributed by atoms with van der Waals surface area (Å²) in [6.07, 6.45) is 2.81. The van der Waals surface area contributed by atoms with Gasteiger partial charge in [-0.1, -0.05) is 0 Å². The number of rotatable bonds is 4. The monoisotopic (exact) mass is 314 g/mol. The molecule has 9 heteroatoms. The van der Waals surface area contributed by atoms with Crippen LogP contribution < -0.4 is 5.32 Å². The number of imide groups is 1. The summed E-state index contributed by atoms with van der Waals surface area (Å²) in [5, 5.41) is 17.6. The number of carbonyl (C=O) groups excluding carboxylic acids is 2. The van der Waals surface area contributed by atoms with Crippen LogP contribution in [0.5, 0.6) is 0 Å². The van der Waals surface area contributed by atoms with E-state index in [1.807, 2.05) is 0 Å². The predicted molar refractivity (Wildman–Crippen MR) is 78.6 cm³/mol. The summed E-state index contributed by atoms with van der Waals surface area (Å²) in [4.78, 5) is 32.5. The summed E-state index contributed by atoms with van der Waals surface area (Å²) in [6, 6.07) is 7.00. The molecule has 23 heavy (non-hydrogen) atoms. The number of urea groups is 1. The third-order valence-corrected chi connectivity index (χ3v) is 3.10. The lowest BCUT2D eigenvalue weighted by atomic mass is 10.1. The van der Waals surface area contributed by atoms with Crippen molar-refractivity contribution in [1.29, 1.82) is 0 Å². The molecule has 0 aliphatic carbocycles. The van der Waals surface area contributed by atoms with Crippen molar-refractivity contribution in [3.63, 3.8) is 0 Å². The van der Waals surface area contributed by atoms with E-state index in [0.717, 1.165) is 5.01 Å². The number of nitro groups is 1. The van der Waals surface area contributed by atoms with Crippen LogP contribution in [-0.2, 0) is 4.79 Å². The number of carbonyl (C=O) groups is 2. The number of benzene rings is 1. The summed E-state index contributed by atoms with van der Waals surface area (Å²) < 4.78 is 5.37. The zero-order valence-corrected chi connectivity index (χ0v) is 11.6. The Labute approximate surface area is 129 Å². The van der Waals surface area contributed by atoms with E-state index in [9.17, 15) is 19.7 Å². The first-order valence-corrected chi connectivity index (χ1v) is 6.51. The number of nitrogens with one attached hydrogen (secondary N) is 1. The Hall–Kier alpha value is -3.49. The number of hydrogen-bond acceptors (Lipinski definition) is 6. The molecule has 1 aliphatic rings. The van der Waals surface area contributed by atoms with E-state index in [0.29, 0.717) is 16.9 Å². The molecular formula is C14H10N4O5. The zero-order valence-electron chi connectivity index (χ0n) is 11.6. The van der Waals surface area contributed by atoms with Gasteiger partial charge in [0.25, 0.3) is 5.69 Å². The highest BCUT2D eigenvalue weighted by molar-refractivity contribution is 6.02. The van der Waals surface area contributed by atoms with Crippen LogP contribution >= 0.6 is 0 Å². The third-order valence-electron chi connectivity index (χ3n) is 3.10. The minimum Gasteiger partial charge on any atom is -0.464 e. The lowest BCUT2D eigenvalue weighted by Gasteiger charge is -2.02. The van der Waals surface area contributed by atoms with E-state index >= 15 is 0 Å². The molecule has 1 fully saturated rings. The molecule has 0 atom stereocenters. The normalized spacial score (nSPS) is 14.5. The molecule has 116 valence electrons. The molecular weight excluding hydrogens is 304 g/mol. The molecule has 1 N–H and O–H groups in total. The van der Waals surface area contributed by atoms with Crippen LogP contribution in [0, 0.1) is 10.1 Å². The van der Waals surface area contributed by atoms with Gasteiger partial charge in [-0.2, -0.15) is 5.10 Å². The van der Waals surface area contributed by atoms with Gasteiger partial charge in [-0.05, 0) is 18.2 Å². The highest BCUT2D eigenvalue weighted by Gasteiger charge is 2.25. The van der Waals surface area contributed by atoms with Crippen molar-refractivity contribution in [2.75, 3.05) is 6.54 Å². The quantitative estimate of drug-likeness (QED) is 0.399. The summed E-state index contributed by atoms with van der Waals surface area (Å²) in [6.45, 7) is -0.123. The molecule has 3 rings (SSSR count). The molecule has 1 aromatic heterocycles. The van der Waals surface area contributed by atoms with Crippen LogP contribution in [0.1, 0.15) is 5.56 Å². The van der Waals surface area contributed by atoms with Gasteiger partial charge in [0.15, 0.2) is 0 Å². The van der Waals surface area contributed by atoms with E-state index in [1.54, 1.807) is 18.2 Å². The molecule has 0 bridgehead atoms. The van der Waals surface area contributed by atoms with Crippen LogP contribution in [0.3, 0.4) is 0 Å². The van der Waals surface area contributed by atoms with Gasteiger partial charge in [-0.25, -0.2) is 9.80 Å². The van der Waals surface area contributed by atoms with E-state index < -0.39 is 16.9 Å². The number of amides is 3. The maximum atomic E-state index is 11.3. The van der Waals surface area contributed by atoms with Gasteiger partial charge in [0.05, 0.1) is 11.1 Å². The predicted octanol–water partition coefficient (Wildman–Crippen LogP) is 1.74. The lowest BCUT2D eigenvalue weighted by Crippen LogP contribution is -2.24. The van der Waals surface area contributed by atoms with Gasteiger partial charge in [0.1, 0.15) is 18.6 Å². The van der Waals surface area contributed by atoms with Crippen molar-refractivity contribution in [1.82, 2.24) is 10.3 Å². The first kappa shape index (κ1) is 14.4. The topological polar surface area (TPSA) is 118 Å². The second-order valence-corrected chi connectivity index (χ2v) is 4.70. The minimum atomic E-state index is -0.578. The molecule has 2 aromatic rings. The number of non-ortho nitro benzene ring substituents is 1. The zero-order chi connectivity index (χ0) is 16.4. The van der Waals surface area contributed by atoms with E-state index in [2.05, 4.69) is 10.4 Å². The van der Waals surface area contributed by atoms with Gasteiger partial charge in [-0.15, -0.1) is 0 Å². The van der Waals surface area contributed by atoms with Gasteiger partial charge >= 0.3 is 6.03 Å². The second-order valence-electron chi connectivity index (χ2n) is 4.70. The fraction of sp³-hybridized carbons (Fsp3) is 0.0714. The number of hydrogen-bond donors (Lipinski definition) is 1. The second kappa shape index (κ2) is 5.72. The van der Waals surface area contributed by atoms with Crippen molar-refractivity contribution in [2.24, 2.45) is 5.10 Å². The number of nitrogens with zero attached hydrogens (tertiary/aromatic N) is 3. The van der Waals surface area contributed by atoms with Crippen molar-refractivity contribution in [3.05, 3.63) is 52.3 Å². The van der Waals surface area contributed by atoms with E-state index in [1.165, 1.54) is 24.6 Å². The van der Waals surface area contributed by atoms with Crippen molar-refractivity contribution in [2.45, 2.75) is 0 Å². The lowest BCUT2D eigenvalue weighted by molar-refractivity contribution is -0.384. The van der Waals surface area contributed by atoms with Gasteiger partial charge in [0.2, 0.25) is 5.91 Å². The molecule has 1 aliphatic heterocycles. The van der Waals surface area contributed by atoms with Crippen molar-refractivity contribution < 1.29 is 18.9 Å². The Morgan fingerprint density at radius 2 is 2.04 bits per heavy atom.